The largest absolute Gasteiger partial charge is 0.344 e. The fraction of sp³-hybridized carbons (Fsp3) is 0.667. The molecule has 2 aliphatic rings. The predicted molar refractivity (Wildman–Crippen MR) is 41.4 cm³/mol. The molecule has 2 rings (SSSR count). The van der Waals surface area contributed by atoms with Gasteiger partial charge in [0.25, 0.3) is 0 Å². The first-order valence-electron chi connectivity index (χ1n) is 3.59. The fourth-order valence-electron chi connectivity index (χ4n) is 1.09. The Bertz CT molecular complexity index is 185. The van der Waals surface area contributed by atoms with Crippen LogP contribution in [0.15, 0.2) is 9.98 Å². The molecular weight excluding hydrogens is 144 g/mol. The van der Waals surface area contributed by atoms with Crippen LogP contribution in [-0.4, -0.2) is 43.7 Å². The number of rotatable bonds is 1. The maximum atomic E-state index is 5.34. The molecule has 5 heteroatoms. The highest BCUT2D eigenvalue weighted by Crippen LogP contribution is 2.02. The molecule has 0 aromatic rings. The van der Waals surface area contributed by atoms with Gasteiger partial charge in [0.05, 0.1) is 12.9 Å². The van der Waals surface area contributed by atoms with Crippen molar-refractivity contribution < 1.29 is 4.74 Å². The van der Waals surface area contributed by atoms with Gasteiger partial charge in [-0.1, -0.05) is 0 Å². The van der Waals surface area contributed by atoms with Crippen LogP contribution < -0.4 is 5.32 Å². The Labute approximate surface area is 64.8 Å². The summed E-state index contributed by atoms with van der Waals surface area (Å²) in [6.07, 6.45) is 3.25. The number of nitrogens with zero attached hydrogens (tertiary/aromatic N) is 3. The van der Waals surface area contributed by atoms with E-state index >= 15 is 0 Å². The summed E-state index contributed by atoms with van der Waals surface area (Å²) in [7, 11) is 0. The lowest BCUT2D eigenvalue weighted by Gasteiger charge is -2.24. The van der Waals surface area contributed by atoms with Crippen molar-refractivity contribution in [1.82, 2.24) is 10.2 Å². The van der Waals surface area contributed by atoms with Crippen LogP contribution in [0, 0.1) is 0 Å². The number of aliphatic imine (C=N–C) groups is 2. The molecule has 1 atom stereocenters. The van der Waals surface area contributed by atoms with Crippen molar-refractivity contribution >= 4 is 12.7 Å². The van der Waals surface area contributed by atoms with Gasteiger partial charge in [0.2, 0.25) is 0 Å². The summed E-state index contributed by atoms with van der Waals surface area (Å²) >= 11 is 0. The average molecular weight is 154 g/mol. The standard InChI is InChI=1S/C6H10N4O/c1-2-11-6(9-1)10-4-7-3-8-5-10/h3-4,6,9H,1-2,5H2. The molecule has 0 saturated carbocycles. The average Bonchev–Trinajstić information content (AvgIpc) is 2.58. The van der Waals surface area contributed by atoms with Gasteiger partial charge in [-0.15, -0.1) is 0 Å². The molecule has 0 aromatic heterocycles. The number of hydrogen-bond acceptors (Lipinski definition) is 5. The molecule has 60 valence electrons. The summed E-state index contributed by atoms with van der Waals surface area (Å²) in [5, 5.41) is 3.16. The maximum Gasteiger partial charge on any atom is 0.188 e. The second-order valence-corrected chi connectivity index (χ2v) is 2.40. The van der Waals surface area contributed by atoms with E-state index in [-0.39, 0.29) is 6.35 Å². The Hall–Kier alpha value is -0.940. The van der Waals surface area contributed by atoms with E-state index in [1.807, 2.05) is 4.90 Å². The zero-order valence-corrected chi connectivity index (χ0v) is 6.10. The van der Waals surface area contributed by atoms with Gasteiger partial charge in [0.1, 0.15) is 13.0 Å². The van der Waals surface area contributed by atoms with Gasteiger partial charge in [-0.05, 0) is 0 Å². The highest BCUT2D eigenvalue weighted by atomic mass is 16.5. The molecule has 1 N–H and O–H groups in total. The highest BCUT2D eigenvalue weighted by Gasteiger charge is 2.20. The molecule has 1 unspecified atom stereocenters. The second-order valence-electron chi connectivity index (χ2n) is 2.40. The van der Waals surface area contributed by atoms with Crippen LogP contribution in [0.1, 0.15) is 0 Å². The van der Waals surface area contributed by atoms with Gasteiger partial charge in [-0.25, -0.2) is 4.99 Å². The second kappa shape index (κ2) is 2.98. The summed E-state index contributed by atoms with van der Waals surface area (Å²) in [6, 6.07) is 0. The van der Waals surface area contributed by atoms with E-state index in [9.17, 15) is 0 Å². The van der Waals surface area contributed by atoms with E-state index < -0.39 is 0 Å². The van der Waals surface area contributed by atoms with Crippen LogP contribution in [0.4, 0.5) is 0 Å². The van der Waals surface area contributed by atoms with E-state index in [0.29, 0.717) is 6.67 Å². The maximum absolute atomic E-state index is 5.34. The van der Waals surface area contributed by atoms with Crippen molar-refractivity contribution in [3.63, 3.8) is 0 Å². The Morgan fingerprint density at radius 1 is 1.64 bits per heavy atom. The first-order valence-corrected chi connectivity index (χ1v) is 3.59. The third-order valence-corrected chi connectivity index (χ3v) is 1.61. The number of hydrogen-bond donors (Lipinski definition) is 1. The molecular formula is C6H10N4O. The molecule has 11 heavy (non-hydrogen) atoms. The van der Waals surface area contributed by atoms with Crippen molar-refractivity contribution in [3.8, 4) is 0 Å². The minimum Gasteiger partial charge on any atom is -0.344 e. The van der Waals surface area contributed by atoms with Gasteiger partial charge >= 0.3 is 0 Å². The molecule has 1 saturated heterocycles. The SMILES string of the molecule is C1=NC=NCN1C1NCCO1. The molecule has 0 aromatic carbocycles. The first-order chi connectivity index (χ1) is 5.47. The summed E-state index contributed by atoms with van der Waals surface area (Å²) in [5.74, 6) is 0. The van der Waals surface area contributed by atoms with Crippen molar-refractivity contribution in [2.24, 2.45) is 9.98 Å². The molecule has 2 aliphatic heterocycles. The van der Waals surface area contributed by atoms with Gasteiger partial charge in [-0.3, -0.25) is 10.3 Å². The van der Waals surface area contributed by atoms with Crippen molar-refractivity contribution in [2.75, 3.05) is 19.8 Å². The van der Waals surface area contributed by atoms with Crippen molar-refractivity contribution in [1.29, 1.82) is 0 Å². The lowest BCUT2D eigenvalue weighted by atomic mass is 10.7. The quantitative estimate of drug-likeness (QED) is 0.539. The molecule has 0 spiro atoms. The zero-order chi connectivity index (χ0) is 7.52. The van der Waals surface area contributed by atoms with Crippen molar-refractivity contribution in [2.45, 2.75) is 6.35 Å². The van der Waals surface area contributed by atoms with E-state index in [1.165, 1.54) is 0 Å². The van der Waals surface area contributed by atoms with Gasteiger partial charge in [-0.2, -0.15) is 0 Å². The van der Waals surface area contributed by atoms with Crippen LogP contribution in [-0.2, 0) is 4.74 Å². The zero-order valence-electron chi connectivity index (χ0n) is 6.10. The minimum absolute atomic E-state index is 0.0313. The van der Waals surface area contributed by atoms with Gasteiger partial charge < -0.3 is 9.64 Å². The molecule has 0 amide bonds. The molecule has 1 fully saturated rings. The third-order valence-electron chi connectivity index (χ3n) is 1.61. The lowest BCUT2D eigenvalue weighted by Crippen LogP contribution is -2.42. The van der Waals surface area contributed by atoms with Gasteiger partial charge in [0, 0.05) is 6.54 Å². The third kappa shape index (κ3) is 1.38. The van der Waals surface area contributed by atoms with Crippen LogP contribution in [0.25, 0.3) is 0 Å². The molecule has 2 heterocycles. The normalized spacial score (nSPS) is 29.8. The topological polar surface area (TPSA) is 49.2 Å². The van der Waals surface area contributed by atoms with Crippen molar-refractivity contribution in [3.05, 3.63) is 0 Å². The first kappa shape index (κ1) is 6.75. The molecule has 0 radical (unpaired) electrons. The van der Waals surface area contributed by atoms with Crippen LogP contribution in [0.5, 0.6) is 0 Å². The summed E-state index contributed by atoms with van der Waals surface area (Å²) in [5.41, 5.74) is 0. The van der Waals surface area contributed by atoms with Crippen LogP contribution >= 0.6 is 0 Å². The van der Waals surface area contributed by atoms with E-state index in [0.717, 1.165) is 13.2 Å². The Balaban J connectivity index is 1.94. The van der Waals surface area contributed by atoms with Crippen LogP contribution in [0.3, 0.4) is 0 Å². The Morgan fingerprint density at radius 3 is 3.27 bits per heavy atom. The van der Waals surface area contributed by atoms with E-state index in [1.54, 1.807) is 12.7 Å². The van der Waals surface area contributed by atoms with E-state index in [2.05, 4.69) is 15.3 Å². The molecule has 5 nitrogen and oxygen atoms in total. The number of ether oxygens (including phenoxy) is 1. The van der Waals surface area contributed by atoms with Gasteiger partial charge in [0.15, 0.2) is 6.35 Å². The molecule has 0 aliphatic carbocycles. The Morgan fingerprint density at radius 2 is 2.64 bits per heavy atom. The smallest absolute Gasteiger partial charge is 0.188 e. The number of nitrogens with one attached hydrogen (secondary N) is 1. The fourth-order valence-corrected chi connectivity index (χ4v) is 1.09. The Kier molecular flexibility index (Phi) is 1.83. The summed E-state index contributed by atoms with van der Waals surface area (Å²) in [4.78, 5) is 9.79. The highest BCUT2D eigenvalue weighted by molar-refractivity contribution is 5.73. The lowest BCUT2D eigenvalue weighted by molar-refractivity contribution is 0.0119. The predicted octanol–water partition coefficient (Wildman–Crippen LogP) is -0.781. The minimum atomic E-state index is -0.0313. The monoisotopic (exact) mass is 154 g/mol. The van der Waals surface area contributed by atoms with Crippen LogP contribution in [0.2, 0.25) is 0 Å². The summed E-state index contributed by atoms with van der Waals surface area (Å²) in [6.45, 7) is 2.29. The van der Waals surface area contributed by atoms with E-state index in [4.69, 9.17) is 4.74 Å². The summed E-state index contributed by atoms with van der Waals surface area (Å²) < 4.78 is 5.34. The molecule has 0 bridgehead atoms.